The Balaban J connectivity index is 1.21. The Hall–Kier alpha value is -1.13. The van der Waals surface area contributed by atoms with Crippen LogP contribution in [-0.2, 0) is 11.8 Å². The zero-order valence-electron chi connectivity index (χ0n) is 22.8. The number of likely N-dealkylation sites (tertiary alicyclic amines) is 1. The normalized spacial score (nSPS) is 35.4. The maximum atomic E-state index is 5.87. The van der Waals surface area contributed by atoms with E-state index in [1.54, 1.807) is 11.1 Å². The van der Waals surface area contributed by atoms with Crippen LogP contribution in [0.2, 0.25) is 0 Å². The largest absolute Gasteiger partial charge is 0.362 e. The van der Waals surface area contributed by atoms with Gasteiger partial charge in [0.1, 0.15) is 0 Å². The highest BCUT2D eigenvalue weighted by molar-refractivity contribution is 7.80. The number of hydrogen-bond acceptors (Lipinski definition) is 2. The number of benzene rings is 1. The Bertz CT molecular complexity index is 906. The molecule has 194 valence electrons. The minimum atomic E-state index is 0.289. The molecule has 0 unspecified atom stereocenters. The molecule has 2 N–H and O–H groups in total. The first-order chi connectivity index (χ1) is 16.8. The molecule has 1 aromatic carbocycles. The van der Waals surface area contributed by atoms with Crippen molar-refractivity contribution in [3.8, 4) is 0 Å². The van der Waals surface area contributed by atoms with Crippen molar-refractivity contribution in [2.24, 2.45) is 11.3 Å². The van der Waals surface area contributed by atoms with E-state index >= 15 is 0 Å². The Labute approximate surface area is 220 Å². The van der Waals surface area contributed by atoms with Gasteiger partial charge in [0.2, 0.25) is 0 Å². The van der Waals surface area contributed by atoms with Gasteiger partial charge >= 0.3 is 0 Å². The molecule has 35 heavy (non-hydrogen) atoms. The first kappa shape index (κ1) is 25.5. The number of fused-ring (bicyclic) bond motifs is 3. The highest BCUT2D eigenvalue weighted by atomic mass is 32.1. The summed E-state index contributed by atoms with van der Waals surface area (Å²) >= 11 is 5.87. The summed E-state index contributed by atoms with van der Waals surface area (Å²) in [4.78, 5) is 2.74. The molecule has 3 nitrogen and oxygen atoms in total. The van der Waals surface area contributed by atoms with Crippen LogP contribution < -0.4 is 10.6 Å². The first-order valence-electron chi connectivity index (χ1n) is 14.7. The van der Waals surface area contributed by atoms with Crippen LogP contribution in [-0.4, -0.2) is 41.7 Å². The van der Waals surface area contributed by atoms with Gasteiger partial charge in [-0.2, -0.15) is 0 Å². The molecule has 2 saturated carbocycles. The summed E-state index contributed by atoms with van der Waals surface area (Å²) in [5, 5.41) is 8.36. The van der Waals surface area contributed by atoms with Gasteiger partial charge in [-0.1, -0.05) is 52.3 Å². The van der Waals surface area contributed by atoms with E-state index in [2.05, 4.69) is 61.4 Å². The second-order valence-corrected chi connectivity index (χ2v) is 13.6. The lowest BCUT2D eigenvalue weighted by Crippen LogP contribution is -2.55. The van der Waals surface area contributed by atoms with E-state index in [4.69, 9.17) is 12.2 Å². The lowest BCUT2D eigenvalue weighted by atomic mass is 9.49. The van der Waals surface area contributed by atoms with Gasteiger partial charge in [-0.05, 0) is 129 Å². The molecule has 0 spiro atoms. The maximum absolute atomic E-state index is 5.87. The molecule has 1 heterocycles. The van der Waals surface area contributed by atoms with Crippen molar-refractivity contribution in [2.75, 3.05) is 19.6 Å². The zero-order chi connectivity index (χ0) is 24.6. The number of hydrogen-bond donors (Lipinski definition) is 2. The minimum Gasteiger partial charge on any atom is -0.362 e. The second kappa shape index (κ2) is 10.3. The monoisotopic (exact) mass is 495 g/mol. The average Bonchev–Trinajstić information content (AvgIpc) is 3.38. The van der Waals surface area contributed by atoms with E-state index in [0.29, 0.717) is 23.3 Å². The predicted octanol–water partition coefficient (Wildman–Crippen LogP) is 6.69. The Morgan fingerprint density at radius 1 is 1.06 bits per heavy atom. The molecule has 4 heteroatoms. The summed E-state index contributed by atoms with van der Waals surface area (Å²) in [5.74, 6) is 1.32. The van der Waals surface area contributed by atoms with Crippen LogP contribution in [0.1, 0.15) is 115 Å². The van der Waals surface area contributed by atoms with E-state index in [9.17, 15) is 0 Å². The van der Waals surface area contributed by atoms with Crippen molar-refractivity contribution in [2.45, 2.75) is 122 Å². The fourth-order valence-electron chi connectivity index (χ4n) is 8.47. The van der Waals surface area contributed by atoms with Gasteiger partial charge in [0.15, 0.2) is 5.11 Å². The van der Waals surface area contributed by atoms with E-state index in [-0.39, 0.29) is 5.41 Å². The molecule has 0 aromatic heterocycles. The predicted molar refractivity (Wildman–Crippen MR) is 152 cm³/mol. The Kier molecular flexibility index (Phi) is 7.53. The summed E-state index contributed by atoms with van der Waals surface area (Å²) in [6.45, 7) is 13.4. The number of thiocarbonyl (C=S) groups is 1. The van der Waals surface area contributed by atoms with E-state index in [0.717, 1.165) is 17.7 Å². The van der Waals surface area contributed by atoms with Crippen molar-refractivity contribution < 1.29 is 0 Å². The molecule has 3 aliphatic carbocycles. The molecule has 4 aliphatic rings. The molecular weight excluding hydrogens is 446 g/mol. The zero-order valence-corrected chi connectivity index (χ0v) is 23.6. The van der Waals surface area contributed by atoms with E-state index in [1.807, 2.05) is 0 Å². The quantitative estimate of drug-likeness (QED) is 0.445. The number of nitrogens with zero attached hydrogens (tertiary/aromatic N) is 1. The molecule has 0 radical (unpaired) electrons. The number of rotatable bonds is 5. The molecule has 0 amide bonds. The van der Waals surface area contributed by atoms with Gasteiger partial charge in [0.05, 0.1) is 0 Å². The van der Waals surface area contributed by atoms with Gasteiger partial charge in [0, 0.05) is 18.6 Å². The van der Waals surface area contributed by atoms with Gasteiger partial charge < -0.3 is 15.5 Å². The van der Waals surface area contributed by atoms with Gasteiger partial charge in [-0.15, -0.1) is 0 Å². The Morgan fingerprint density at radius 3 is 2.63 bits per heavy atom. The van der Waals surface area contributed by atoms with Crippen LogP contribution in [0.3, 0.4) is 0 Å². The van der Waals surface area contributed by atoms with Crippen LogP contribution in [0, 0.1) is 11.3 Å². The molecule has 1 saturated heterocycles. The number of nitrogens with one attached hydrogen (secondary N) is 2. The second-order valence-electron chi connectivity index (χ2n) is 13.2. The summed E-state index contributed by atoms with van der Waals surface area (Å²) in [7, 11) is 0. The first-order valence-corrected chi connectivity index (χ1v) is 15.1. The van der Waals surface area contributed by atoms with Gasteiger partial charge in [0.25, 0.3) is 0 Å². The molecular formula is C31H49N3S. The molecule has 1 aromatic rings. The van der Waals surface area contributed by atoms with Crippen molar-refractivity contribution >= 4 is 17.3 Å². The third-order valence-electron chi connectivity index (χ3n) is 10.5. The van der Waals surface area contributed by atoms with Crippen LogP contribution in [0.4, 0.5) is 0 Å². The van der Waals surface area contributed by atoms with Crippen LogP contribution in [0.15, 0.2) is 18.2 Å². The summed E-state index contributed by atoms with van der Waals surface area (Å²) in [6, 6.07) is 8.71. The average molecular weight is 496 g/mol. The standard InChI is InChI=1S/C31H49N3S/c1-22(2)23-11-13-27-24(19-23)12-14-28-30(3,15-8-16-31(27,28)4)21-32-29(35)33-25-9-7-10-26(20-25)34-17-5-6-18-34/h11,13,19,22,25-26,28H,5-10,12,14-18,20-21H2,1-4H3,(H2,32,33,35)/t25-,26-,28-,30-,31+/m0/s1. The van der Waals surface area contributed by atoms with Crippen molar-refractivity contribution in [1.82, 2.24) is 15.5 Å². The van der Waals surface area contributed by atoms with Crippen LogP contribution >= 0.6 is 12.2 Å². The topological polar surface area (TPSA) is 27.3 Å². The summed E-state index contributed by atoms with van der Waals surface area (Å²) in [6.07, 6.45) is 14.5. The summed E-state index contributed by atoms with van der Waals surface area (Å²) < 4.78 is 0. The molecule has 0 bridgehead atoms. The molecule has 5 atom stereocenters. The molecule has 3 fully saturated rings. The minimum absolute atomic E-state index is 0.289. The van der Waals surface area contributed by atoms with Gasteiger partial charge in [-0.3, -0.25) is 0 Å². The Morgan fingerprint density at radius 2 is 1.86 bits per heavy atom. The lowest BCUT2D eigenvalue weighted by Gasteiger charge is -2.55. The van der Waals surface area contributed by atoms with Crippen molar-refractivity contribution in [1.29, 1.82) is 0 Å². The van der Waals surface area contributed by atoms with E-state index < -0.39 is 0 Å². The fourth-order valence-corrected chi connectivity index (χ4v) is 8.71. The van der Waals surface area contributed by atoms with Crippen molar-refractivity contribution in [3.05, 3.63) is 34.9 Å². The summed E-state index contributed by atoms with van der Waals surface area (Å²) in [5.41, 5.74) is 5.34. The highest BCUT2D eigenvalue weighted by Crippen LogP contribution is 2.57. The van der Waals surface area contributed by atoms with Crippen LogP contribution in [0.25, 0.3) is 0 Å². The third kappa shape index (κ3) is 5.17. The van der Waals surface area contributed by atoms with E-state index in [1.165, 1.54) is 89.3 Å². The van der Waals surface area contributed by atoms with Crippen LogP contribution in [0.5, 0.6) is 0 Å². The smallest absolute Gasteiger partial charge is 0.166 e. The van der Waals surface area contributed by atoms with Crippen molar-refractivity contribution in [3.63, 3.8) is 0 Å². The SMILES string of the molecule is CC(C)c1ccc2c(c1)CC[C@H]1[C@](C)(CNC(=S)N[C@H]3CCC[C@H](N4CCCC4)C3)CCC[C@]21C. The number of aryl methyl sites for hydroxylation is 1. The molecule has 1 aliphatic heterocycles. The third-order valence-corrected chi connectivity index (χ3v) is 10.7. The maximum Gasteiger partial charge on any atom is 0.166 e. The highest BCUT2D eigenvalue weighted by Gasteiger charge is 2.51. The lowest BCUT2D eigenvalue weighted by molar-refractivity contribution is 0.0292. The molecule has 5 rings (SSSR count). The van der Waals surface area contributed by atoms with Gasteiger partial charge in [-0.25, -0.2) is 0 Å². The fraction of sp³-hybridized carbons (Fsp3) is 0.774.